The highest BCUT2D eigenvalue weighted by atomic mass is 16.5. The molecule has 0 unspecified atom stereocenters. The summed E-state index contributed by atoms with van der Waals surface area (Å²) in [4.78, 5) is 14.4. The largest absolute Gasteiger partial charge is 0.506 e. The fourth-order valence-electron chi connectivity index (χ4n) is 2.87. The summed E-state index contributed by atoms with van der Waals surface area (Å²) in [5, 5.41) is 10.6. The maximum absolute atomic E-state index is 12.3. The molecule has 0 saturated carbocycles. The summed E-state index contributed by atoms with van der Waals surface area (Å²) in [7, 11) is 0. The van der Waals surface area contributed by atoms with Gasteiger partial charge in [0.1, 0.15) is 11.3 Å². The van der Waals surface area contributed by atoms with E-state index in [9.17, 15) is 9.90 Å². The van der Waals surface area contributed by atoms with Crippen molar-refractivity contribution in [3.8, 4) is 16.9 Å². The highest BCUT2D eigenvalue weighted by Crippen LogP contribution is 2.37. The first-order chi connectivity index (χ1) is 11.6. The average molecular weight is 312 g/mol. The number of esters is 1. The molecule has 2 aromatic rings. The molecule has 1 N–H and O–H groups in total. The van der Waals surface area contributed by atoms with Crippen LogP contribution >= 0.6 is 0 Å². The molecule has 0 aliphatic carbocycles. The number of ether oxygens (including phenoxy) is 1. The molecule has 1 aliphatic rings. The monoisotopic (exact) mass is 312 g/mol. The van der Waals surface area contributed by atoms with E-state index in [1.165, 1.54) is 0 Å². The van der Waals surface area contributed by atoms with Crippen molar-refractivity contribution in [3.63, 3.8) is 0 Å². The van der Waals surface area contributed by atoms with E-state index in [0.29, 0.717) is 16.8 Å². The molecule has 0 aromatic heterocycles. The van der Waals surface area contributed by atoms with Crippen molar-refractivity contribution in [2.45, 2.75) is 19.8 Å². The Morgan fingerprint density at radius 3 is 2.65 bits per heavy atom. The first-order valence-electron chi connectivity index (χ1n) is 8.47. The van der Waals surface area contributed by atoms with Gasteiger partial charge in [0.05, 0.1) is 7.98 Å². The number of carbonyl (C=O) groups is 1. The highest BCUT2D eigenvalue weighted by molar-refractivity contribution is 5.97. The lowest BCUT2D eigenvalue weighted by Gasteiger charge is -2.21. The third kappa shape index (κ3) is 3.16. The van der Waals surface area contributed by atoms with Gasteiger partial charge in [-0.1, -0.05) is 30.3 Å². The second kappa shape index (κ2) is 6.73. The lowest BCUT2D eigenvalue weighted by atomic mass is 10.00. The van der Waals surface area contributed by atoms with Crippen LogP contribution < -0.4 is 4.90 Å². The van der Waals surface area contributed by atoms with Crippen LogP contribution in [0.5, 0.6) is 5.75 Å². The Morgan fingerprint density at radius 1 is 1.30 bits per heavy atom. The maximum Gasteiger partial charge on any atom is 0.342 e. The number of anilines is 1. The smallest absolute Gasteiger partial charge is 0.342 e. The Bertz CT molecular complexity index is 740. The van der Waals surface area contributed by atoms with Crippen molar-refractivity contribution in [1.82, 2.24) is 0 Å². The summed E-state index contributed by atoms with van der Waals surface area (Å²) in [6.07, 6.45) is 2.13. The Morgan fingerprint density at radius 2 is 2.00 bits per heavy atom. The summed E-state index contributed by atoms with van der Waals surface area (Å²) in [6.45, 7) is 3.67. The molecule has 23 heavy (non-hydrogen) atoms. The molecule has 1 aliphatic heterocycles. The van der Waals surface area contributed by atoms with Crippen LogP contribution in [-0.2, 0) is 4.74 Å². The zero-order valence-corrected chi connectivity index (χ0v) is 13.2. The van der Waals surface area contributed by atoms with Crippen LogP contribution in [0.15, 0.2) is 42.4 Å². The number of hydrogen-bond donors (Lipinski definition) is 1. The van der Waals surface area contributed by atoms with Gasteiger partial charge in [-0.3, -0.25) is 0 Å². The van der Waals surface area contributed by atoms with Crippen molar-refractivity contribution in [3.05, 3.63) is 48.0 Å². The van der Waals surface area contributed by atoms with E-state index in [0.717, 1.165) is 25.9 Å². The third-order valence-corrected chi connectivity index (χ3v) is 4.03. The fraction of sp³-hybridized carbons (Fsp3) is 0.316. The van der Waals surface area contributed by atoms with Crippen molar-refractivity contribution in [2.24, 2.45) is 0 Å². The lowest BCUT2D eigenvalue weighted by molar-refractivity contribution is 0.0523. The van der Waals surface area contributed by atoms with Gasteiger partial charge in [0.25, 0.3) is 0 Å². The fourth-order valence-corrected chi connectivity index (χ4v) is 2.87. The molecule has 1 saturated heterocycles. The minimum absolute atomic E-state index is 0.119. The molecule has 0 amide bonds. The number of aromatic hydroxyl groups is 1. The minimum atomic E-state index is -0.562. The summed E-state index contributed by atoms with van der Waals surface area (Å²) < 4.78 is 13.7. The third-order valence-electron chi connectivity index (χ3n) is 4.03. The topological polar surface area (TPSA) is 49.8 Å². The molecule has 4 nitrogen and oxygen atoms in total. The molecule has 3 rings (SSSR count). The van der Waals surface area contributed by atoms with Crippen LogP contribution in [0.25, 0.3) is 11.1 Å². The molecule has 1 fully saturated rings. The van der Waals surface area contributed by atoms with E-state index in [2.05, 4.69) is 4.90 Å². The van der Waals surface area contributed by atoms with Gasteiger partial charge in [-0.25, -0.2) is 4.79 Å². The first kappa shape index (κ1) is 14.1. The van der Waals surface area contributed by atoms with Gasteiger partial charge in [-0.15, -0.1) is 0 Å². The molecule has 0 spiro atoms. The molecular weight excluding hydrogens is 290 g/mol. The normalized spacial score (nSPS) is 14.7. The Balaban J connectivity index is 2.20. The standard InChI is InChI=1S/C19H21NO3/c1-2-23-19(22)17-13-15(20-10-6-7-11-20)12-16(18(17)21)14-8-4-3-5-9-14/h3-5,8-9,12-13,21H,2,6-7,10-11H2,1H3/i12D. The van der Waals surface area contributed by atoms with E-state index >= 15 is 0 Å². The number of benzene rings is 2. The van der Waals surface area contributed by atoms with Crippen LogP contribution in [0.3, 0.4) is 0 Å². The molecule has 0 atom stereocenters. The van der Waals surface area contributed by atoms with Crippen LogP contribution in [-0.4, -0.2) is 30.8 Å². The number of phenolic OH excluding ortho intramolecular Hbond substituents is 1. The van der Waals surface area contributed by atoms with Crippen molar-refractivity contribution < 1.29 is 16.0 Å². The SMILES string of the molecule is [2H]c1c(N2CCCC2)cc(C(=O)OCC)c(O)c1-c1ccccc1. The van der Waals surface area contributed by atoms with E-state index in [4.69, 9.17) is 6.11 Å². The number of phenols is 1. The minimum Gasteiger partial charge on any atom is -0.506 e. The first-order valence-corrected chi connectivity index (χ1v) is 7.97. The number of hydrogen-bond acceptors (Lipinski definition) is 4. The van der Waals surface area contributed by atoms with Crippen LogP contribution in [0.2, 0.25) is 0 Å². The predicted octanol–water partition coefficient (Wildman–Crippen LogP) is 3.84. The van der Waals surface area contributed by atoms with E-state index < -0.39 is 5.97 Å². The summed E-state index contributed by atoms with van der Waals surface area (Å²) in [6, 6.07) is 11.1. The van der Waals surface area contributed by atoms with E-state index in [1.54, 1.807) is 13.0 Å². The Kier molecular flexibility index (Phi) is 4.13. The number of carbonyl (C=O) groups excluding carboxylic acids is 1. The summed E-state index contributed by atoms with van der Waals surface area (Å²) >= 11 is 0. The van der Waals surface area contributed by atoms with Gasteiger partial charge in [0.2, 0.25) is 0 Å². The highest BCUT2D eigenvalue weighted by Gasteiger charge is 2.21. The van der Waals surface area contributed by atoms with Crippen molar-refractivity contribution in [2.75, 3.05) is 24.6 Å². The quantitative estimate of drug-likeness (QED) is 0.872. The maximum atomic E-state index is 12.3. The van der Waals surface area contributed by atoms with Gasteiger partial charge < -0.3 is 14.7 Å². The van der Waals surface area contributed by atoms with E-state index in [-0.39, 0.29) is 24.0 Å². The Hall–Kier alpha value is -2.49. The molecule has 120 valence electrons. The second-order valence-electron chi connectivity index (χ2n) is 5.57. The van der Waals surface area contributed by atoms with Crippen molar-refractivity contribution >= 4 is 11.7 Å². The Labute approximate surface area is 137 Å². The second-order valence-corrected chi connectivity index (χ2v) is 5.57. The van der Waals surface area contributed by atoms with Gasteiger partial charge in [0, 0.05) is 24.3 Å². The van der Waals surface area contributed by atoms with Gasteiger partial charge in [0.15, 0.2) is 0 Å². The van der Waals surface area contributed by atoms with Gasteiger partial charge >= 0.3 is 5.97 Å². The molecular formula is C19H21NO3. The van der Waals surface area contributed by atoms with Crippen molar-refractivity contribution in [1.29, 1.82) is 0 Å². The molecule has 0 radical (unpaired) electrons. The van der Waals surface area contributed by atoms with Crippen LogP contribution in [0.4, 0.5) is 5.69 Å². The van der Waals surface area contributed by atoms with Gasteiger partial charge in [-0.05, 0) is 37.4 Å². The van der Waals surface area contributed by atoms with E-state index in [1.807, 2.05) is 30.3 Å². The lowest BCUT2D eigenvalue weighted by Crippen LogP contribution is -2.18. The zero-order valence-electron chi connectivity index (χ0n) is 14.2. The molecule has 1 heterocycles. The van der Waals surface area contributed by atoms with Gasteiger partial charge in [-0.2, -0.15) is 0 Å². The van der Waals surface area contributed by atoms with Crippen LogP contribution in [0, 0.1) is 0 Å². The molecule has 2 aromatic carbocycles. The summed E-state index contributed by atoms with van der Waals surface area (Å²) in [5.41, 5.74) is 1.88. The predicted molar refractivity (Wildman–Crippen MR) is 90.9 cm³/mol. The number of nitrogens with zero attached hydrogens (tertiary/aromatic N) is 1. The number of rotatable bonds is 4. The summed E-state index contributed by atoms with van der Waals surface area (Å²) in [5.74, 6) is -0.750. The molecule has 0 bridgehead atoms. The zero-order chi connectivity index (χ0) is 17.1. The van der Waals surface area contributed by atoms with Crippen LogP contribution in [0.1, 0.15) is 31.5 Å². The molecule has 4 heteroatoms. The average Bonchev–Trinajstić information content (AvgIpc) is 3.10.